The highest BCUT2D eigenvalue weighted by Gasteiger charge is 2.20. The molecule has 0 aliphatic carbocycles. The summed E-state index contributed by atoms with van der Waals surface area (Å²) in [5.41, 5.74) is 3.20. The Morgan fingerprint density at radius 1 is 1.00 bits per heavy atom. The van der Waals surface area contributed by atoms with Gasteiger partial charge in [-0.1, -0.05) is 24.3 Å². The van der Waals surface area contributed by atoms with Gasteiger partial charge in [-0.15, -0.1) is 0 Å². The van der Waals surface area contributed by atoms with Crippen LogP contribution < -0.4 is 14.4 Å². The molecule has 4 rings (SSSR count). The van der Waals surface area contributed by atoms with E-state index in [0.717, 1.165) is 48.6 Å². The van der Waals surface area contributed by atoms with Crippen molar-refractivity contribution >= 4 is 17.7 Å². The van der Waals surface area contributed by atoms with E-state index in [1.165, 1.54) is 5.56 Å². The highest BCUT2D eigenvalue weighted by atomic mass is 16.5. The van der Waals surface area contributed by atoms with Crippen molar-refractivity contribution in [1.82, 2.24) is 0 Å². The number of hydrogen-bond donors (Lipinski definition) is 0. The van der Waals surface area contributed by atoms with Crippen molar-refractivity contribution in [2.24, 2.45) is 0 Å². The minimum atomic E-state index is 0.0132. The van der Waals surface area contributed by atoms with Crippen LogP contribution in [-0.2, 0) is 11.2 Å². The second kappa shape index (κ2) is 7.01. The molecule has 0 aromatic heterocycles. The predicted octanol–water partition coefficient (Wildman–Crippen LogP) is 3.84. The van der Waals surface area contributed by atoms with Gasteiger partial charge in [0.15, 0.2) is 11.5 Å². The summed E-state index contributed by atoms with van der Waals surface area (Å²) < 4.78 is 11.3. The zero-order valence-electron chi connectivity index (χ0n) is 14.1. The van der Waals surface area contributed by atoms with Gasteiger partial charge in [0.2, 0.25) is 0 Å². The molecule has 0 unspecified atom stereocenters. The van der Waals surface area contributed by atoms with Crippen LogP contribution in [0, 0.1) is 0 Å². The number of hydrogen-bond acceptors (Lipinski definition) is 3. The number of nitrogens with zero attached hydrogens (tertiary/aromatic N) is 1. The first kappa shape index (κ1) is 15.8. The summed E-state index contributed by atoms with van der Waals surface area (Å²) in [7, 11) is 0. The van der Waals surface area contributed by atoms with Crippen LogP contribution in [0.5, 0.6) is 11.5 Å². The fourth-order valence-corrected chi connectivity index (χ4v) is 3.30. The molecule has 4 heteroatoms. The maximum atomic E-state index is 12.7. The van der Waals surface area contributed by atoms with Gasteiger partial charge in [-0.3, -0.25) is 4.79 Å². The Morgan fingerprint density at radius 3 is 2.76 bits per heavy atom. The number of anilines is 1. The minimum absolute atomic E-state index is 0.0132. The molecule has 0 saturated heterocycles. The highest BCUT2D eigenvalue weighted by molar-refractivity contribution is 6.04. The first-order valence-electron chi connectivity index (χ1n) is 8.78. The van der Waals surface area contributed by atoms with Crippen molar-refractivity contribution in [1.29, 1.82) is 0 Å². The summed E-state index contributed by atoms with van der Waals surface area (Å²) >= 11 is 0. The Morgan fingerprint density at radius 2 is 1.84 bits per heavy atom. The number of carbonyl (C=O) groups is 1. The van der Waals surface area contributed by atoms with Crippen LogP contribution in [0.25, 0.3) is 6.08 Å². The molecule has 0 saturated carbocycles. The topological polar surface area (TPSA) is 38.8 Å². The van der Waals surface area contributed by atoms with E-state index < -0.39 is 0 Å². The predicted molar refractivity (Wildman–Crippen MR) is 98.2 cm³/mol. The molecule has 0 bridgehead atoms. The minimum Gasteiger partial charge on any atom is -0.490 e. The fourth-order valence-electron chi connectivity index (χ4n) is 3.30. The molecule has 2 aromatic rings. The van der Waals surface area contributed by atoms with E-state index in [1.54, 1.807) is 6.08 Å². The van der Waals surface area contributed by atoms with Crippen LogP contribution in [0.4, 0.5) is 5.69 Å². The van der Waals surface area contributed by atoms with Crippen LogP contribution in [0.3, 0.4) is 0 Å². The molecule has 4 nitrogen and oxygen atoms in total. The lowest BCUT2D eigenvalue weighted by atomic mass is 10.0. The first-order chi connectivity index (χ1) is 12.3. The molecule has 128 valence electrons. The zero-order valence-corrected chi connectivity index (χ0v) is 14.1. The molecule has 0 fully saturated rings. The lowest BCUT2D eigenvalue weighted by Crippen LogP contribution is -2.34. The Bertz CT molecular complexity index is 813. The van der Waals surface area contributed by atoms with Gasteiger partial charge in [0.25, 0.3) is 5.91 Å². The van der Waals surface area contributed by atoms with E-state index in [9.17, 15) is 4.79 Å². The maximum Gasteiger partial charge on any atom is 0.250 e. The molecule has 1 amide bonds. The van der Waals surface area contributed by atoms with Crippen LogP contribution in [-0.4, -0.2) is 25.7 Å². The van der Waals surface area contributed by atoms with Gasteiger partial charge in [0, 0.05) is 24.7 Å². The number of ether oxygens (including phenoxy) is 2. The van der Waals surface area contributed by atoms with E-state index >= 15 is 0 Å². The maximum absolute atomic E-state index is 12.7. The third-order valence-corrected chi connectivity index (χ3v) is 4.57. The molecular weight excluding hydrogens is 314 g/mol. The first-order valence-corrected chi connectivity index (χ1v) is 8.78. The van der Waals surface area contributed by atoms with Crippen LogP contribution in [0.15, 0.2) is 48.5 Å². The average molecular weight is 335 g/mol. The molecule has 0 spiro atoms. The molecule has 0 N–H and O–H groups in total. The summed E-state index contributed by atoms with van der Waals surface area (Å²) in [4.78, 5) is 14.5. The van der Waals surface area contributed by atoms with E-state index in [4.69, 9.17) is 9.47 Å². The number of para-hydroxylation sites is 1. The fraction of sp³-hybridized carbons (Fsp3) is 0.286. The second-order valence-corrected chi connectivity index (χ2v) is 6.31. The second-order valence-electron chi connectivity index (χ2n) is 6.31. The molecule has 25 heavy (non-hydrogen) atoms. The van der Waals surface area contributed by atoms with E-state index in [2.05, 4.69) is 6.07 Å². The molecule has 2 aliphatic heterocycles. The standard InChI is InChI=1S/C21H21NO3/c23-21(22-12-3-6-17-5-1-2-7-18(17)22)11-9-16-8-10-19-20(15-16)25-14-4-13-24-19/h1-2,5,7-11,15H,3-4,6,12-14H2. The van der Waals surface area contributed by atoms with Crippen LogP contribution in [0.1, 0.15) is 24.0 Å². The molecule has 2 aliphatic rings. The van der Waals surface area contributed by atoms with Crippen molar-refractivity contribution in [3.05, 3.63) is 59.7 Å². The third kappa shape index (κ3) is 3.38. The number of amides is 1. The Kier molecular flexibility index (Phi) is 4.42. The summed E-state index contributed by atoms with van der Waals surface area (Å²) in [5, 5.41) is 0. The lowest BCUT2D eigenvalue weighted by Gasteiger charge is -2.28. The van der Waals surface area contributed by atoms with Gasteiger partial charge in [-0.05, 0) is 48.2 Å². The van der Waals surface area contributed by atoms with Gasteiger partial charge in [-0.25, -0.2) is 0 Å². The Balaban J connectivity index is 1.53. The average Bonchev–Trinajstić information content (AvgIpc) is 2.90. The van der Waals surface area contributed by atoms with Crippen molar-refractivity contribution in [3.63, 3.8) is 0 Å². The van der Waals surface area contributed by atoms with E-state index in [-0.39, 0.29) is 5.91 Å². The molecule has 2 aromatic carbocycles. The summed E-state index contributed by atoms with van der Waals surface area (Å²) in [6.45, 7) is 2.10. The summed E-state index contributed by atoms with van der Waals surface area (Å²) in [6.07, 6.45) is 6.40. The van der Waals surface area contributed by atoms with Gasteiger partial charge >= 0.3 is 0 Å². The molecule has 0 radical (unpaired) electrons. The number of carbonyl (C=O) groups excluding carboxylic acids is 1. The van der Waals surface area contributed by atoms with Crippen molar-refractivity contribution < 1.29 is 14.3 Å². The summed E-state index contributed by atoms with van der Waals surface area (Å²) in [5.74, 6) is 1.53. The Labute approximate surface area is 147 Å². The van der Waals surface area contributed by atoms with Gasteiger partial charge in [0.05, 0.1) is 13.2 Å². The van der Waals surface area contributed by atoms with E-state index in [1.807, 2.05) is 47.4 Å². The Hall–Kier alpha value is -2.75. The third-order valence-electron chi connectivity index (χ3n) is 4.57. The zero-order chi connectivity index (χ0) is 17.1. The van der Waals surface area contributed by atoms with Gasteiger partial charge in [-0.2, -0.15) is 0 Å². The van der Waals surface area contributed by atoms with Crippen molar-refractivity contribution in [2.45, 2.75) is 19.3 Å². The van der Waals surface area contributed by atoms with Gasteiger partial charge in [0.1, 0.15) is 0 Å². The molecular formula is C21H21NO3. The summed E-state index contributed by atoms with van der Waals surface area (Å²) in [6, 6.07) is 13.9. The van der Waals surface area contributed by atoms with Crippen molar-refractivity contribution in [2.75, 3.05) is 24.7 Å². The van der Waals surface area contributed by atoms with Crippen LogP contribution >= 0.6 is 0 Å². The van der Waals surface area contributed by atoms with E-state index in [0.29, 0.717) is 13.2 Å². The largest absolute Gasteiger partial charge is 0.490 e. The highest BCUT2D eigenvalue weighted by Crippen LogP contribution is 2.31. The number of fused-ring (bicyclic) bond motifs is 2. The number of rotatable bonds is 2. The number of aryl methyl sites for hydroxylation is 1. The van der Waals surface area contributed by atoms with Gasteiger partial charge < -0.3 is 14.4 Å². The molecule has 0 atom stereocenters. The van der Waals surface area contributed by atoms with Crippen LogP contribution in [0.2, 0.25) is 0 Å². The normalized spacial score (nSPS) is 16.4. The number of benzene rings is 2. The van der Waals surface area contributed by atoms with Crippen molar-refractivity contribution in [3.8, 4) is 11.5 Å². The quantitative estimate of drug-likeness (QED) is 0.783. The smallest absolute Gasteiger partial charge is 0.250 e. The monoisotopic (exact) mass is 335 g/mol. The lowest BCUT2D eigenvalue weighted by molar-refractivity contribution is -0.114. The SMILES string of the molecule is O=C(C=Cc1ccc2c(c1)OCCCO2)N1CCCc2ccccc21. The molecule has 2 heterocycles.